The standard InChI is InChI=1S/C6H7ClN2O/c1-2-10-6-4-3-5(7)8-9-6/h3-4H,2H2,1H3/i3D,4D. The Hall–Kier alpha value is -0.830. The highest BCUT2D eigenvalue weighted by Crippen LogP contribution is 2.07. The quantitative estimate of drug-likeness (QED) is 0.658. The summed E-state index contributed by atoms with van der Waals surface area (Å²) in [7, 11) is 0. The fourth-order valence-electron chi connectivity index (χ4n) is 0.446. The van der Waals surface area contributed by atoms with Crippen molar-refractivity contribution in [3.8, 4) is 5.88 Å². The number of aromatic nitrogens is 2. The Labute approximate surface area is 66.8 Å². The summed E-state index contributed by atoms with van der Waals surface area (Å²) in [5.74, 6) is 0.0481. The Kier molecular flexibility index (Phi) is 1.65. The second kappa shape index (κ2) is 3.37. The van der Waals surface area contributed by atoms with E-state index in [1.54, 1.807) is 6.92 Å². The van der Waals surface area contributed by atoms with Crippen molar-refractivity contribution in [1.82, 2.24) is 10.2 Å². The van der Waals surface area contributed by atoms with Crippen LogP contribution in [-0.2, 0) is 0 Å². The lowest BCUT2D eigenvalue weighted by Gasteiger charge is -1.97. The zero-order chi connectivity index (χ0) is 9.14. The highest BCUT2D eigenvalue weighted by Gasteiger charge is 1.92. The Balaban J connectivity index is 3.08. The van der Waals surface area contributed by atoms with Crippen molar-refractivity contribution in [2.24, 2.45) is 0 Å². The van der Waals surface area contributed by atoms with Gasteiger partial charge in [0.05, 0.1) is 9.35 Å². The molecule has 1 aromatic heterocycles. The SMILES string of the molecule is [2H]c1c(Cl)nnc(OCC)c1[2H]. The molecule has 0 aliphatic rings. The van der Waals surface area contributed by atoms with Crippen LogP contribution in [0.25, 0.3) is 0 Å². The Morgan fingerprint density at radius 2 is 2.50 bits per heavy atom. The summed E-state index contributed by atoms with van der Waals surface area (Å²) in [4.78, 5) is 0. The van der Waals surface area contributed by atoms with Crippen molar-refractivity contribution < 1.29 is 7.48 Å². The van der Waals surface area contributed by atoms with Crippen LogP contribution in [0.3, 0.4) is 0 Å². The first kappa shape index (κ1) is 4.91. The molecule has 0 amide bonds. The zero-order valence-corrected chi connectivity index (χ0v) is 6.14. The van der Waals surface area contributed by atoms with Gasteiger partial charge in [0.1, 0.15) is 0 Å². The minimum atomic E-state index is -0.157. The van der Waals surface area contributed by atoms with E-state index in [0.29, 0.717) is 6.61 Å². The first-order valence-corrected chi connectivity index (χ1v) is 3.16. The van der Waals surface area contributed by atoms with Gasteiger partial charge in [0, 0.05) is 6.04 Å². The van der Waals surface area contributed by atoms with Gasteiger partial charge in [0.2, 0.25) is 5.88 Å². The van der Waals surface area contributed by atoms with Gasteiger partial charge in [-0.3, -0.25) is 0 Å². The monoisotopic (exact) mass is 160 g/mol. The largest absolute Gasteiger partial charge is 0.477 e. The molecule has 0 saturated heterocycles. The van der Waals surface area contributed by atoms with E-state index < -0.39 is 0 Å². The zero-order valence-electron chi connectivity index (χ0n) is 7.39. The van der Waals surface area contributed by atoms with E-state index in [2.05, 4.69) is 10.2 Å². The Morgan fingerprint density at radius 1 is 1.70 bits per heavy atom. The van der Waals surface area contributed by atoms with Crippen molar-refractivity contribution in [2.75, 3.05) is 6.61 Å². The summed E-state index contributed by atoms with van der Waals surface area (Å²) >= 11 is 5.45. The minimum absolute atomic E-state index is 0.0481. The predicted molar refractivity (Wildman–Crippen MR) is 38.2 cm³/mol. The van der Waals surface area contributed by atoms with Crippen LogP contribution in [-0.4, -0.2) is 16.8 Å². The predicted octanol–water partition coefficient (Wildman–Crippen LogP) is 1.53. The number of ether oxygens (including phenoxy) is 1. The maximum Gasteiger partial charge on any atom is 0.233 e. The van der Waals surface area contributed by atoms with E-state index in [4.69, 9.17) is 19.1 Å². The smallest absolute Gasteiger partial charge is 0.233 e. The van der Waals surface area contributed by atoms with Gasteiger partial charge in [-0.15, -0.1) is 10.2 Å². The van der Waals surface area contributed by atoms with E-state index in [0.717, 1.165) is 0 Å². The van der Waals surface area contributed by atoms with Gasteiger partial charge in [0.25, 0.3) is 0 Å². The maximum atomic E-state index is 7.34. The highest BCUT2D eigenvalue weighted by molar-refractivity contribution is 6.29. The molecule has 0 radical (unpaired) electrons. The van der Waals surface area contributed by atoms with Crippen molar-refractivity contribution in [3.63, 3.8) is 0 Å². The van der Waals surface area contributed by atoms with Gasteiger partial charge in [-0.25, -0.2) is 0 Å². The van der Waals surface area contributed by atoms with E-state index in [1.165, 1.54) is 0 Å². The summed E-state index contributed by atoms with van der Waals surface area (Å²) in [6.07, 6.45) is 0. The second-order valence-electron chi connectivity index (χ2n) is 1.48. The van der Waals surface area contributed by atoms with E-state index in [9.17, 15) is 0 Å². The Morgan fingerprint density at radius 3 is 3.20 bits per heavy atom. The lowest BCUT2D eigenvalue weighted by Crippen LogP contribution is -1.94. The fraction of sp³-hybridized carbons (Fsp3) is 0.333. The molecule has 0 spiro atoms. The molecule has 54 valence electrons. The number of hydrogen-bond donors (Lipinski definition) is 0. The summed E-state index contributed by atoms with van der Waals surface area (Å²) in [6, 6.07) is -0.285. The minimum Gasteiger partial charge on any atom is -0.477 e. The summed E-state index contributed by atoms with van der Waals surface area (Å²) in [5, 5.41) is 6.88. The van der Waals surface area contributed by atoms with Gasteiger partial charge in [-0.1, -0.05) is 11.6 Å². The van der Waals surface area contributed by atoms with Gasteiger partial charge >= 0.3 is 0 Å². The Bertz CT molecular complexity index is 295. The first-order chi connectivity index (χ1) is 5.66. The molecule has 0 fully saturated rings. The average molecular weight is 161 g/mol. The molecule has 0 aliphatic heterocycles. The van der Waals surface area contributed by atoms with Crippen LogP contribution in [0.5, 0.6) is 5.88 Å². The van der Waals surface area contributed by atoms with Gasteiger partial charge in [0.15, 0.2) is 5.15 Å². The lowest BCUT2D eigenvalue weighted by atomic mass is 10.6. The van der Waals surface area contributed by atoms with E-state index in [-0.39, 0.29) is 23.1 Å². The third-order valence-electron chi connectivity index (χ3n) is 0.782. The van der Waals surface area contributed by atoms with Crippen LogP contribution < -0.4 is 4.74 Å². The van der Waals surface area contributed by atoms with Gasteiger partial charge in [-0.05, 0) is 13.0 Å². The second-order valence-corrected chi connectivity index (χ2v) is 1.84. The van der Waals surface area contributed by atoms with E-state index >= 15 is 0 Å². The normalized spacial score (nSPS) is 12.2. The molecular weight excluding hydrogens is 152 g/mol. The van der Waals surface area contributed by atoms with Crippen LogP contribution >= 0.6 is 11.6 Å². The number of hydrogen-bond acceptors (Lipinski definition) is 3. The topological polar surface area (TPSA) is 35.0 Å². The molecule has 4 heteroatoms. The van der Waals surface area contributed by atoms with E-state index in [1.807, 2.05) is 0 Å². The molecule has 0 aromatic carbocycles. The summed E-state index contributed by atoms with van der Waals surface area (Å²) in [5.41, 5.74) is 0. The van der Waals surface area contributed by atoms with Crippen LogP contribution in [0.4, 0.5) is 0 Å². The average Bonchev–Trinajstić information content (AvgIpc) is 2.07. The van der Waals surface area contributed by atoms with Gasteiger partial charge < -0.3 is 4.74 Å². The number of nitrogens with zero attached hydrogens (tertiary/aromatic N) is 2. The molecule has 1 heterocycles. The molecule has 0 N–H and O–H groups in total. The summed E-state index contributed by atoms with van der Waals surface area (Å²) in [6.45, 7) is 2.15. The van der Waals surface area contributed by atoms with Crippen molar-refractivity contribution in [3.05, 3.63) is 17.2 Å². The molecule has 10 heavy (non-hydrogen) atoms. The first-order valence-electron chi connectivity index (χ1n) is 3.79. The summed E-state index contributed by atoms with van der Waals surface area (Å²) < 4.78 is 19.5. The molecule has 0 bridgehead atoms. The molecule has 0 atom stereocenters. The molecule has 0 unspecified atom stereocenters. The van der Waals surface area contributed by atoms with Crippen molar-refractivity contribution in [1.29, 1.82) is 0 Å². The molecule has 1 aromatic rings. The highest BCUT2D eigenvalue weighted by atomic mass is 35.5. The molecule has 0 aliphatic carbocycles. The third kappa shape index (κ3) is 1.84. The fourth-order valence-corrected chi connectivity index (χ4v) is 0.531. The maximum absolute atomic E-state index is 7.34. The third-order valence-corrected chi connectivity index (χ3v) is 0.952. The number of rotatable bonds is 2. The molecule has 3 nitrogen and oxygen atoms in total. The van der Waals surface area contributed by atoms with Crippen LogP contribution in [0.15, 0.2) is 12.1 Å². The number of halogens is 1. The van der Waals surface area contributed by atoms with Crippen molar-refractivity contribution >= 4 is 11.6 Å². The van der Waals surface area contributed by atoms with Gasteiger partial charge in [-0.2, -0.15) is 0 Å². The molecule has 0 saturated carbocycles. The molecular formula is C6H7ClN2O. The van der Waals surface area contributed by atoms with Crippen LogP contribution in [0.2, 0.25) is 5.15 Å². The molecule has 1 rings (SSSR count). The van der Waals surface area contributed by atoms with Crippen LogP contribution in [0, 0.1) is 0 Å². The lowest BCUT2D eigenvalue weighted by molar-refractivity contribution is 0.322. The van der Waals surface area contributed by atoms with Crippen molar-refractivity contribution in [2.45, 2.75) is 6.92 Å². The van der Waals surface area contributed by atoms with Crippen LogP contribution in [0.1, 0.15) is 9.67 Å².